The molecule has 0 unspecified atom stereocenters. The Morgan fingerprint density at radius 1 is 1.32 bits per heavy atom. The Hall–Kier alpha value is -2.59. The lowest BCUT2D eigenvalue weighted by molar-refractivity contribution is -0.143. The Balaban J connectivity index is 2.20. The van der Waals surface area contributed by atoms with Gasteiger partial charge in [-0.05, 0) is 12.7 Å². The van der Waals surface area contributed by atoms with Crippen LogP contribution in [0.1, 0.15) is 25.3 Å². The molecule has 25 heavy (non-hydrogen) atoms. The number of benzene rings is 1. The number of aromatic nitrogens is 2. The summed E-state index contributed by atoms with van der Waals surface area (Å²) in [5, 5.41) is 13.2. The average Bonchev–Trinajstić information content (AvgIpc) is 2.65. The van der Waals surface area contributed by atoms with Crippen molar-refractivity contribution in [3.05, 3.63) is 35.9 Å². The molecule has 0 radical (unpaired) electrons. The van der Waals surface area contributed by atoms with Crippen LogP contribution in [0.4, 0.5) is 5.82 Å². The van der Waals surface area contributed by atoms with Gasteiger partial charge in [-0.15, -0.1) is 0 Å². The number of ether oxygens (including phenoxy) is 1. The standard InChI is InChI=1S/C18H20N4O2S/c1-3-7-15(23)24-11-10-20-17-14(12-19)16(21-18(22-17)25-2)13-8-5-4-6-9-13/h4-6,8-9H,3,7,10-11H2,1-2H3,(H,20,21,22). The van der Waals surface area contributed by atoms with Gasteiger partial charge in [0.15, 0.2) is 5.16 Å². The van der Waals surface area contributed by atoms with Gasteiger partial charge in [-0.3, -0.25) is 4.79 Å². The number of rotatable bonds is 8. The minimum Gasteiger partial charge on any atom is -0.464 e. The zero-order valence-electron chi connectivity index (χ0n) is 14.3. The third kappa shape index (κ3) is 5.19. The molecule has 1 aromatic heterocycles. The van der Waals surface area contributed by atoms with Crippen LogP contribution in [0.25, 0.3) is 11.3 Å². The van der Waals surface area contributed by atoms with Crippen molar-refractivity contribution in [2.24, 2.45) is 0 Å². The summed E-state index contributed by atoms with van der Waals surface area (Å²) in [6.07, 6.45) is 3.05. The molecule has 2 aromatic rings. The van der Waals surface area contributed by atoms with Gasteiger partial charge in [-0.1, -0.05) is 49.0 Å². The third-order valence-electron chi connectivity index (χ3n) is 3.34. The SMILES string of the molecule is CCCC(=O)OCCNc1nc(SC)nc(-c2ccccc2)c1C#N. The zero-order chi connectivity index (χ0) is 18.1. The topological polar surface area (TPSA) is 87.9 Å². The number of nitriles is 1. The first-order valence-electron chi connectivity index (χ1n) is 8.00. The zero-order valence-corrected chi connectivity index (χ0v) is 15.1. The van der Waals surface area contributed by atoms with Crippen LogP contribution in [0.15, 0.2) is 35.5 Å². The van der Waals surface area contributed by atoms with E-state index >= 15 is 0 Å². The lowest BCUT2D eigenvalue weighted by atomic mass is 10.1. The van der Waals surface area contributed by atoms with Crippen molar-refractivity contribution in [3.8, 4) is 17.3 Å². The van der Waals surface area contributed by atoms with Gasteiger partial charge in [0.05, 0.1) is 12.2 Å². The normalized spacial score (nSPS) is 10.1. The second kappa shape index (κ2) is 9.64. The number of nitrogens with zero attached hydrogens (tertiary/aromatic N) is 3. The number of carbonyl (C=O) groups excluding carboxylic acids is 1. The average molecular weight is 356 g/mol. The van der Waals surface area contributed by atoms with Crippen molar-refractivity contribution in [1.82, 2.24) is 9.97 Å². The monoisotopic (exact) mass is 356 g/mol. The van der Waals surface area contributed by atoms with Crippen LogP contribution in [-0.4, -0.2) is 35.3 Å². The first-order chi connectivity index (χ1) is 12.2. The minimum absolute atomic E-state index is 0.220. The molecule has 0 aliphatic rings. The highest BCUT2D eigenvalue weighted by molar-refractivity contribution is 7.98. The summed E-state index contributed by atoms with van der Waals surface area (Å²) in [5.74, 6) is 0.231. The number of carbonyl (C=O) groups is 1. The molecule has 0 saturated carbocycles. The quantitative estimate of drug-likeness (QED) is 0.335. The number of thioether (sulfide) groups is 1. The molecule has 0 spiro atoms. The van der Waals surface area contributed by atoms with E-state index in [1.54, 1.807) is 0 Å². The molecule has 7 heteroatoms. The van der Waals surface area contributed by atoms with Crippen LogP contribution < -0.4 is 5.32 Å². The summed E-state index contributed by atoms with van der Waals surface area (Å²) in [4.78, 5) is 20.2. The molecule has 0 bridgehead atoms. The van der Waals surface area contributed by atoms with Crippen LogP contribution in [0.5, 0.6) is 0 Å². The lowest BCUT2D eigenvalue weighted by Crippen LogP contribution is -2.15. The summed E-state index contributed by atoms with van der Waals surface area (Å²) in [6.45, 7) is 2.53. The Kier molecular flexibility index (Phi) is 7.23. The molecule has 0 atom stereocenters. The van der Waals surface area contributed by atoms with E-state index in [0.29, 0.717) is 35.2 Å². The number of esters is 1. The minimum atomic E-state index is -0.220. The lowest BCUT2D eigenvalue weighted by Gasteiger charge is -2.12. The van der Waals surface area contributed by atoms with E-state index in [1.165, 1.54) is 11.8 Å². The van der Waals surface area contributed by atoms with E-state index < -0.39 is 0 Å². The van der Waals surface area contributed by atoms with E-state index in [1.807, 2.05) is 43.5 Å². The van der Waals surface area contributed by atoms with E-state index in [2.05, 4.69) is 21.4 Å². The highest BCUT2D eigenvalue weighted by Crippen LogP contribution is 2.28. The van der Waals surface area contributed by atoms with Gasteiger partial charge in [-0.25, -0.2) is 9.97 Å². The molecule has 0 fully saturated rings. The summed E-state index contributed by atoms with van der Waals surface area (Å²) in [7, 11) is 0. The second-order valence-electron chi connectivity index (χ2n) is 5.16. The van der Waals surface area contributed by atoms with Crippen LogP contribution in [0.2, 0.25) is 0 Å². The van der Waals surface area contributed by atoms with E-state index in [4.69, 9.17) is 4.74 Å². The first-order valence-corrected chi connectivity index (χ1v) is 9.23. The van der Waals surface area contributed by atoms with E-state index in [9.17, 15) is 10.1 Å². The van der Waals surface area contributed by atoms with Gasteiger partial charge in [0.1, 0.15) is 24.1 Å². The fourth-order valence-corrected chi connectivity index (χ4v) is 2.55. The highest BCUT2D eigenvalue weighted by atomic mass is 32.2. The van der Waals surface area contributed by atoms with Gasteiger partial charge in [0.25, 0.3) is 0 Å². The third-order valence-corrected chi connectivity index (χ3v) is 3.89. The van der Waals surface area contributed by atoms with Crippen molar-refractivity contribution < 1.29 is 9.53 Å². The van der Waals surface area contributed by atoms with Crippen molar-refractivity contribution in [2.75, 3.05) is 24.7 Å². The summed E-state index contributed by atoms with van der Waals surface area (Å²) < 4.78 is 5.12. The largest absolute Gasteiger partial charge is 0.464 e. The Morgan fingerprint density at radius 3 is 2.72 bits per heavy atom. The van der Waals surface area contributed by atoms with Gasteiger partial charge in [0, 0.05) is 12.0 Å². The van der Waals surface area contributed by atoms with Crippen LogP contribution in [0.3, 0.4) is 0 Å². The maximum absolute atomic E-state index is 11.4. The molecule has 2 rings (SSSR count). The number of hydrogen-bond donors (Lipinski definition) is 1. The maximum atomic E-state index is 11.4. The molecule has 0 amide bonds. The van der Waals surface area contributed by atoms with Crippen molar-refractivity contribution in [3.63, 3.8) is 0 Å². The molecule has 0 saturated heterocycles. The molecular weight excluding hydrogens is 336 g/mol. The predicted octanol–water partition coefficient (Wildman–Crippen LogP) is 3.49. The first kappa shape index (κ1) is 18.7. The molecule has 130 valence electrons. The fourth-order valence-electron chi connectivity index (χ4n) is 2.18. The van der Waals surface area contributed by atoms with Crippen molar-refractivity contribution in [2.45, 2.75) is 24.9 Å². The Morgan fingerprint density at radius 2 is 2.08 bits per heavy atom. The van der Waals surface area contributed by atoms with Crippen LogP contribution >= 0.6 is 11.8 Å². The van der Waals surface area contributed by atoms with Gasteiger partial charge >= 0.3 is 5.97 Å². The Bertz CT molecular complexity index is 760. The molecule has 0 aliphatic carbocycles. The van der Waals surface area contributed by atoms with Crippen LogP contribution in [-0.2, 0) is 9.53 Å². The van der Waals surface area contributed by atoms with E-state index in [0.717, 1.165) is 12.0 Å². The molecular formula is C18H20N4O2S. The maximum Gasteiger partial charge on any atom is 0.305 e. The van der Waals surface area contributed by atoms with Gasteiger partial charge in [0.2, 0.25) is 0 Å². The van der Waals surface area contributed by atoms with Gasteiger partial charge < -0.3 is 10.1 Å². The molecule has 0 aliphatic heterocycles. The van der Waals surface area contributed by atoms with Gasteiger partial charge in [-0.2, -0.15) is 5.26 Å². The molecule has 6 nitrogen and oxygen atoms in total. The number of hydrogen-bond acceptors (Lipinski definition) is 7. The van der Waals surface area contributed by atoms with Crippen LogP contribution in [0, 0.1) is 11.3 Å². The predicted molar refractivity (Wildman–Crippen MR) is 98.3 cm³/mol. The summed E-state index contributed by atoms with van der Waals surface area (Å²) in [5.41, 5.74) is 1.82. The van der Waals surface area contributed by atoms with Crippen molar-refractivity contribution in [1.29, 1.82) is 5.26 Å². The second-order valence-corrected chi connectivity index (χ2v) is 5.93. The molecule has 1 aromatic carbocycles. The number of nitrogens with one attached hydrogen (secondary N) is 1. The highest BCUT2D eigenvalue weighted by Gasteiger charge is 2.15. The fraction of sp³-hybridized carbons (Fsp3) is 0.333. The number of anilines is 1. The molecule has 1 N–H and O–H groups in total. The Labute approximate surface area is 151 Å². The molecule has 1 heterocycles. The summed E-state index contributed by atoms with van der Waals surface area (Å²) >= 11 is 1.40. The smallest absolute Gasteiger partial charge is 0.305 e. The summed E-state index contributed by atoms with van der Waals surface area (Å²) in [6, 6.07) is 11.7. The van der Waals surface area contributed by atoms with E-state index in [-0.39, 0.29) is 12.6 Å². The van der Waals surface area contributed by atoms with Crippen molar-refractivity contribution >= 4 is 23.5 Å².